The van der Waals surface area contributed by atoms with Crippen LogP contribution in [-0.2, 0) is 6.54 Å². The first-order chi connectivity index (χ1) is 18.4. The van der Waals surface area contributed by atoms with Crippen molar-refractivity contribution in [3.8, 4) is 40.0 Å². The molecule has 11 heteroatoms. The number of aromatic nitrogens is 3. The topological polar surface area (TPSA) is 114 Å². The van der Waals surface area contributed by atoms with Gasteiger partial charge in [-0.3, -0.25) is 0 Å². The van der Waals surface area contributed by atoms with Crippen LogP contribution in [0.4, 0.5) is 4.79 Å². The maximum atomic E-state index is 12.0. The Kier molecular flexibility index (Phi) is 5.91. The summed E-state index contributed by atoms with van der Waals surface area (Å²) in [6, 6.07) is 14.9. The summed E-state index contributed by atoms with van der Waals surface area (Å²) in [5.41, 5.74) is 4.37. The SMILES string of the molecule is COc1cc2c(-c3ccc4nsnc4c3)c(OC(=O)O)n(Cc3ccc4c(c3)OCO4)c2cc1OC(C)C. The van der Waals surface area contributed by atoms with Gasteiger partial charge in [0.1, 0.15) is 11.0 Å². The summed E-state index contributed by atoms with van der Waals surface area (Å²) in [7, 11) is 1.57. The number of ether oxygens (including phenoxy) is 5. The predicted octanol–water partition coefficient (Wildman–Crippen LogP) is 5.94. The molecule has 3 heterocycles. The lowest BCUT2D eigenvalue weighted by Crippen LogP contribution is -2.10. The molecule has 0 aliphatic carbocycles. The van der Waals surface area contributed by atoms with E-state index in [9.17, 15) is 9.90 Å². The van der Waals surface area contributed by atoms with E-state index < -0.39 is 6.16 Å². The molecule has 0 unspecified atom stereocenters. The van der Waals surface area contributed by atoms with Crippen molar-refractivity contribution in [1.82, 2.24) is 13.3 Å². The standard InChI is InChI=1S/C27H23N3O7S/c1-14(2)36-24-11-20-17(10-22(24)33-3)25(16-5-6-18-19(9-16)29-38-28-18)26(37-27(31)32)30(20)12-15-4-7-21-23(8-15)35-13-34-21/h4-11,14H,12-13H2,1-3H3,(H,31,32). The highest BCUT2D eigenvalue weighted by Gasteiger charge is 2.26. The van der Waals surface area contributed by atoms with Crippen molar-refractivity contribution in [2.75, 3.05) is 13.9 Å². The summed E-state index contributed by atoms with van der Waals surface area (Å²) < 4.78 is 38.6. The molecule has 0 amide bonds. The minimum atomic E-state index is -1.43. The monoisotopic (exact) mass is 533 g/mol. The van der Waals surface area contributed by atoms with E-state index in [1.165, 1.54) is 0 Å². The Labute approximate surface area is 221 Å². The predicted molar refractivity (Wildman–Crippen MR) is 141 cm³/mol. The zero-order valence-corrected chi connectivity index (χ0v) is 21.6. The van der Waals surface area contributed by atoms with Gasteiger partial charge in [0.15, 0.2) is 23.0 Å². The second-order valence-corrected chi connectivity index (χ2v) is 9.50. The third-order valence-corrected chi connectivity index (χ3v) is 6.72. The molecular formula is C27H23N3O7S. The number of hydrogen-bond donors (Lipinski definition) is 1. The summed E-state index contributed by atoms with van der Waals surface area (Å²) in [6.45, 7) is 4.31. The van der Waals surface area contributed by atoms with Crippen LogP contribution in [0.3, 0.4) is 0 Å². The van der Waals surface area contributed by atoms with E-state index in [0.29, 0.717) is 46.1 Å². The van der Waals surface area contributed by atoms with Crippen LogP contribution in [0.1, 0.15) is 19.4 Å². The molecule has 6 rings (SSSR count). The van der Waals surface area contributed by atoms with Gasteiger partial charge in [0.2, 0.25) is 12.7 Å². The highest BCUT2D eigenvalue weighted by molar-refractivity contribution is 7.00. The van der Waals surface area contributed by atoms with Crippen molar-refractivity contribution in [2.24, 2.45) is 0 Å². The molecule has 0 spiro atoms. The molecular weight excluding hydrogens is 510 g/mol. The summed E-state index contributed by atoms with van der Waals surface area (Å²) in [6.07, 6.45) is -1.53. The van der Waals surface area contributed by atoms with Crippen molar-refractivity contribution >= 4 is 39.8 Å². The quantitative estimate of drug-likeness (QED) is 0.254. The van der Waals surface area contributed by atoms with E-state index in [2.05, 4.69) is 8.75 Å². The van der Waals surface area contributed by atoms with Gasteiger partial charge in [-0.15, -0.1) is 0 Å². The van der Waals surface area contributed by atoms with Gasteiger partial charge in [-0.05, 0) is 55.3 Å². The van der Waals surface area contributed by atoms with Gasteiger partial charge in [-0.1, -0.05) is 12.1 Å². The molecule has 5 aromatic rings. The van der Waals surface area contributed by atoms with Crippen LogP contribution in [0.15, 0.2) is 48.5 Å². The minimum Gasteiger partial charge on any atom is -0.493 e. The van der Waals surface area contributed by atoms with Gasteiger partial charge in [-0.25, -0.2) is 4.79 Å². The van der Waals surface area contributed by atoms with E-state index in [4.69, 9.17) is 23.7 Å². The minimum absolute atomic E-state index is 0.104. The third-order valence-electron chi connectivity index (χ3n) is 6.17. The smallest absolute Gasteiger partial charge is 0.493 e. The average Bonchev–Trinajstić information content (AvgIpc) is 3.61. The fourth-order valence-corrected chi connectivity index (χ4v) is 5.14. The van der Waals surface area contributed by atoms with Gasteiger partial charge < -0.3 is 33.4 Å². The number of fused-ring (bicyclic) bond motifs is 3. The Balaban J connectivity index is 1.62. The number of carboxylic acid groups (broad SMARTS) is 1. The van der Waals surface area contributed by atoms with Crippen molar-refractivity contribution in [3.05, 3.63) is 54.1 Å². The number of nitrogens with zero attached hydrogens (tertiary/aromatic N) is 3. The number of methoxy groups -OCH3 is 1. The maximum absolute atomic E-state index is 12.0. The van der Waals surface area contributed by atoms with Crippen LogP contribution in [-0.4, -0.2) is 44.6 Å². The Bertz CT molecular complexity index is 1690. The summed E-state index contributed by atoms with van der Waals surface area (Å²) in [5, 5.41) is 10.5. The fraction of sp³-hybridized carbons (Fsp3) is 0.222. The van der Waals surface area contributed by atoms with Crippen LogP contribution in [0.5, 0.6) is 28.9 Å². The van der Waals surface area contributed by atoms with Crippen molar-refractivity contribution in [2.45, 2.75) is 26.5 Å². The number of rotatable bonds is 7. The molecule has 1 aliphatic rings. The van der Waals surface area contributed by atoms with Gasteiger partial charge >= 0.3 is 6.16 Å². The molecule has 0 fully saturated rings. The fourth-order valence-electron chi connectivity index (χ4n) is 4.62. The Morgan fingerprint density at radius 3 is 2.66 bits per heavy atom. The second-order valence-electron chi connectivity index (χ2n) is 8.98. The second kappa shape index (κ2) is 9.42. The van der Waals surface area contributed by atoms with Crippen molar-refractivity contribution < 1.29 is 33.6 Å². The van der Waals surface area contributed by atoms with Crippen LogP contribution in [0.25, 0.3) is 33.1 Å². The van der Waals surface area contributed by atoms with E-state index in [1.54, 1.807) is 7.11 Å². The lowest BCUT2D eigenvalue weighted by atomic mass is 10.0. The highest BCUT2D eigenvalue weighted by Crippen LogP contribution is 2.46. The molecule has 2 aromatic heterocycles. The zero-order chi connectivity index (χ0) is 26.4. The number of benzene rings is 3. The number of carbonyl (C=O) groups is 1. The molecule has 38 heavy (non-hydrogen) atoms. The first kappa shape index (κ1) is 23.9. The van der Waals surface area contributed by atoms with Crippen LogP contribution >= 0.6 is 11.7 Å². The molecule has 1 aliphatic heterocycles. The summed E-state index contributed by atoms with van der Waals surface area (Å²) in [4.78, 5) is 12.0. The lowest BCUT2D eigenvalue weighted by molar-refractivity contribution is 0.141. The summed E-state index contributed by atoms with van der Waals surface area (Å²) >= 11 is 1.12. The molecule has 10 nitrogen and oxygen atoms in total. The molecule has 0 atom stereocenters. The van der Waals surface area contributed by atoms with Gasteiger partial charge in [0, 0.05) is 11.5 Å². The molecule has 0 radical (unpaired) electrons. The van der Waals surface area contributed by atoms with E-state index in [0.717, 1.165) is 33.8 Å². The lowest BCUT2D eigenvalue weighted by Gasteiger charge is -2.15. The van der Waals surface area contributed by atoms with Gasteiger partial charge in [0.25, 0.3) is 0 Å². The first-order valence-corrected chi connectivity index (χ1v) is 12.6. The molecule has 194 valence electrons. The van der Waals surface area contributed by atoms with E-state index in [-0.39, 0.29) is 18.8 Å². The largest absolute Gasteiger partial charge is 0.512 e. The van der Waals surface area contributed by atoms with Gasteiger partial charge in [0.05, 0.1) is 42.6 Å². The van der Waals surface area contributed by atoms with E-state index >= 15 is 0 Å². The Morgan fingerprint density at radius 1 is 1.05 bits per heavy atom. The molecule has 3 aromatic carbocycles. The highest BCUT2D eigenvalue weighted by atomic mass is 32.1. The van der Waals surface area contributed by atoms with Crippen LogP contribution in [0.2, 0.25) is 0 Å². The normalized spacial score (nSPS) is 12.4. The average molecular weight is 534 g/mol. The molecule has 1 N–H and O–H groups in total. The third kappa shape index (κ3) is 4.20. The molecule has 0 saturated carbocycles. The van der Waals surface area contributed by atoms with Crippen LogP contribution < -0.4 is 23.7 Å². The zero-order valence-electron chi connectivity index (χ0n) is 20.8. The number of hydrogen-bond acceptors (Lipinski definition) is 9. The first-order valence-electron chi connectivity index (χ1n) is 11.8. The van der Waals surface area contributed by atoms with E-state index in [1.807, 2.05) is 66.9 Å². The molecule has 0 bridgehead atoms. The molecule has 0 saturated heterocycles. The van der Waals surface area contributed by atoms with Crippen molar-refractivity contribution in [3.63, 3.8) is 0 Å². The van der Waals surface area contributed by atoms with Crippen LogP contribution in [0, 0.1) is 0 Å². The van der Waals surface area contributed by atoms with Crippen molar-refractivity contribution in [1.29, 1.82) is 0 Å². The van der Waals surface area contributed by atoms with Gasteiger partial charge in [-0.2, -0.15) is 8.75 Å². The Morgan fingerprint density at radius 2 is 1.87 bits per heavy atom. The summed E-state index contributed by atoms with van der Waals surface area (Å²) in [5.74, 6) is 2.51. The maximum Gasteiger partial charge on any atom is 0.512 e. The Hall–Kier alpha value is -4.51.